The second-order valence-electron chi connectivity index (χ2n) is 6.60. The molecule has 0 aromatic heterocycles. The molecule has 1 unspecified atom stereocenters. The average Bonchev–Trinajstić information content (AvgIpc) is 3.12. The van der Waals surface area contributed by atoms with Gasteiger partial charge in [0.15, 0.2) is 6.10 Å². The normalized spacial score (nSPS) is 14.6. The molecular weight excluding hydrogens is 360 g/mol. The number of carbonyl (C=O) groups excluding carboxylic acids is 2. The van der Waals surface area contributed by atoms with Gasteiger partial charge in [0.2, 0.25) is 0 Å². The predicted octanol–water partition coefficient (Wildman–Crippen LogP) is 2.61. The third-order valence-corrected chi connectivity index (χ3v) is 4.43. The molecule has 0 saturated carbocycles. The van der Waals surface area contributed by atoms with Crippen LogP contribution in [0.1, 0.15) is 35.2 Å². The van der Waals surface area contributed by atoms with E-state index in [1.165, 1.54) is 0 Å². The number of rotatable bonds is 8. The van der Waals surface area contributed by atoms with Gasteiger partial charge in [-0.15, -0.1) is 0 Å². The van der Waals surface area contributed by atoms with Crippen molar-refractivity contribution < 1.29 is 24.2 Å². The third kappa shape index (κ3) is 5.09. The zero-order valence-electron chi connectivity index (χ0n) is 15.3. The van der Waals surface area contributed by atoms with Gasteiger partial charge in [0.05, 0.1) is 0 Å². The number of anilines is 1. The lowest BCUT2D eigenvalue weighted by atomic mass is 10.1. The van der Waals surface area contributed by atoms with E-state index >= 15 is 0 Å². The number of hydrogen-bond acceptors (Lipinski definition) is 4. The molecule has 2 aromatic carbocycles. The minimum Gasteiger partial charge on any atom is -0.481 e. The Hall–Kier alpha value is -3.35. The van der Waals surface area contributed by atoms with Crippen LogP contribution in [0.4, 0.5) is 5.69 Å². The molecule has 1 aliphatic heterocycles. The Morgan fingerprint density at radius 1 is 1.07 bits per heavy atom. The second kappa shape index (κ2) is 9.03. The number of para-hydroxylation sites is 1. The maximum Gasteiger partial charge on any atom is 0.303 e. The fourth-order valence-electron chi connectivity index (χ4n) is 2.99. The van der Waals surface area contributed by atoms with E-state index in [-0.39, 0.29) is 18.2 Å². The van der Waals surface area contributed by atoms with E-state index in [0.29, 0.717) is 37.1 Å². The zero-order chi connectivity index (χ0) is 19.9. The van der Waals surface area contributed by atoms with Gasteiger partial charge >= 0.3 is 5.97 Å². The molecular formula is C21H22N2O5. The van der Waals surface area contributed by atoms with Crippen LogP contribution in [-0.4, -0.2) is 35.5 Å². The van der Waals surface area contributed by atoms with Crippen molar-refractivity contribution in [3.63, 3.8) is 0 Å². The van der Waals surface area contributed by atoms with Crippen molar-refractivity contribution in [2.24, 2.45) is 0 Å². The van der Waals surface area contributed by atoms with Crippen LogP contribution in [0.15, 0.2) is 48.5 Å². The summed E-state index contributed by atoms with van der Waals surface area (Å²) < 4.78 is 5.68. The van der Waals surface area contributed by atoms with E-state index in [0.717, 1.165) is 11.3 Å². The zero-order valence-corrected chi connectivity index (χ0v) is 15.3. The molecule has 1 aliphatic rings. The number of carbonyl (C=O) groups is 3. The van der Waals surface area contributed by atoms with Gasteiger partial charge in [-0.1, -0.05) is 24.3 Å². The Morgan fingerprint density at radius 2 is 1.89 bits per heavy atom. The first kappa shape index (κ1) is 19.4. The highest BCUT2D eigenvalue weighted by atomic mass is 16.5. The number of amides is 2. The smallest absolute Gasteiger partial charge is 0.303 e. The molecule has 3 rings (SSSR count). The van der Waals surface area contributed by atoms with Crippen LogP contribution in [0.25, 0.3) is 0 Å². The van der Waals surface area contributed by atoms with Crippen molar-refractivity contribution >= 4 is 23.5 Å². The number of hydrogen-bond donors (Lipinski definition) is 3. The Labute approximate surface area is 162 Å². The van der Waals surface area contributed by atoms with Gasteiger partial charge in [-0.2, -0.15) is 0 Å². The van der Waals surface area contributed by atoms with E-state index in [2.05, 4.69) is 10.6 Å². The van der Waals surface area contributed by atoms with Crippen molar-refractivity contribution in [3.05, 3.63) is 59.7 Å². The maximum absolute atomic E-state index is 12.5. The van der Waals surface area contributed by atoms with Gasteiger partial charge in [0.25, 0.3) is 11.8 Å². The lowest BCUT2D eigenvalue weighted by Gasteiger charge is -2.12. The first-order valence-corrected chi connectivity index (χ1v) is 9.18. The van der Waals surface area contributed by atoms with Gasteiger partial charge in [-0.05, 0) is 42.7 Å². The minimum atomic E-state index is -0.843. The number of carboxylic acids is 1. The molecule has 7 nitrogen and oxygen atoms in total. The van der Waals surface area contributed by atoms with Gasteiger partial charge in [-0.25, -0.2) is 0 Å². The van der Waals surface area contributed by atoms with Crippen LogP contribution in [0.5, 0.6) is 5.75 Å². The van der Waals surface area contributed by atoms with Crippen molar-refractivity contribution in [1.82, 2.24) is 5.32 Å². The average molecular weight is 382 g/mol. The number of fused-ring (bicyclic) bond motifs is 1. The Bertz CT molecular complexity index is 856. The highest BCUT2D eigenvalue weighted by Crippen LogP contribution is 2.28. The SMILES string of the molecule is O=C(O)CCCCNC(=O)c1cccc(NC(=O)C2Cc3ccccc3O2)c1. The number of unbranched alkanes of at least 4 members (excludes halogenated alkanes) is 1. The molecule has 0 spiro atoms. The maximum atomic E-state index is 12.5. The van der Waals surface area contributed by atoms with Crippen molar-refractivity contribution in [2.45, 2.75) is 31.8 Å². The summed E-state index contributed by atoms with van der Waals surface area (Å²) in [5.74, 6) is -0.652. The number of benzene rings is 2. The summed E-state index contributed by atoms with van der Waals surface area (Å²) in [5.41, 5.74) is 1.94. The van der Waals surface area contributed by atoms with Crippen LogP contribution >= 0.6 is 0 Å². The first-order chi connectivity index (χ1) is 13.5. The summed E-state index contributed by atoms with van der Waals surface area (Å²) in [6.45, 7) is 0.400. The van der Waals surface area contributed by atoms with Gasteiger partial charge in [0.1, 0.15) is 5.75 Å². The molecule has 0 radical (unpaired) electrons. The van der Waals surface area contributed by atoms with E-state index in [4.69, 9.17) is 9.84 Å². The Kier molecular flexibility index (Phi) is 6.26. The molecule has 1 atom stereocenters. The molecule has 2 aromatic rings. The number of aliphatic carboxylic acids is 1. The summed E-state index contributed by atoms with van der Waals surface area (Å²) in [7, 11) is 0. The Balaban J connectivity index is 1.51. The van der Waals surface area contributed by atoms with Gasteiger partial charge in [0, 0.05) is 30.6 Å². The topological polar surface area (TPSA) is 105 Å². The monoisotopic (exact) mass is 382 g/mol. The standard InChI is InChI=1S/C21H22N2O5/c24-19(25)10-3-4-11-22-20(26)15-7-5-8-16(12-15)23-21(27)18-13-14-6-1-2-9-17(14)28-18/h1-2,5-9,12,18H,3-4,10-11,13H2,(H,22,26)(H,23,27)(H,24,25). The van der Waals surface area contributed by atoms with Crippen LogP contribution < -0.4 is 15.4 Å². The fraction of sp³-hybridized carbons (Fsp3) is 0.286. The number of ether oxygens (including phenoxy) is 1. The van der Waals surface area contributed by atoms with E-state index < -0.39 is 12.1 Å². The molecule has 146 valence electrons. The molecule has 28 heavy (non-hydrogen) atoms. The fourth-order valence-corrected chi connectivity index (χ4v) is 2.99. The largest absolute Gasteiger partial charge is 0.481 e. The second-order valence-corrected chi connectivity index (χ2v) is 6.60. The van der Waals surface area contributed by atoms with Crippen molar-refractivity contribution in [3.8, 4) is 5.75 Å². The summed E-state index contributed by atoms with van der Waals surface area (Å²) in [4.78, 5) is 35.2. The first-order valence-electron chi connectivity index (χ1n) is 9.18. The molecule has 3 N–H and O–H groups in total. The van der Waals surface area contributed by atoms with Crippen LogP contribution in [0.2, 0.25) is 0 Å². The summed E-state index contributed by atoms with van der Waals surface area (Å²) >= 11 is 0. The highest BCUT2D eigenvalue weighted by molar-refractivity contribution is 5.98. The highest BCUT2D eigenvalue weighted by Gasteiger charge is 2.28. The van der Waals surface area contributed by atoms with Crippen LogP contribution in [0, 0.1) is 0 Å². The molecule has 0 aliphatic carbocycles. The molecule has 7 heteroatoms. The quantitative estimate of drug-likeness (QED) is 0.609. The van der Waals surface area contributed by atoms with Gasteiger partial charge in [-0.3, -0.25) is 14.4 Å². The van der Waals surface area contributed by atoms with Crippen molar-refractivity contribution in [2.75, 3.05) is 11.9 Å². The van der Waals surface area contributed by atoms with Crippen LogP contribution in [-0.2, 0) is 16.0 Å². The molecule has 2 amide bonds. The van der Waals surface area contributed by atoms with Crippen LogP contribution in [0.3, 0.4) is 0 Å². The molecule has 0 fully saturated rings. The minimum absolute atomic E-state index is 0.0878. The lowest BCUT2D eigenvalue weighted by Crippen LogP contribution is -2.31. The lowest BCUT2D eigenvalue weighted by molar-refractivity contribution is -0.137. The van der Waals surface area contributed by atoms with Gasteiger partial charge < -0.3 is 20.5 Å². The predicted molar refractivity (Wildman–Crippen MR) is 103 cm³/mol. The summed E-state index contributed by atoms with van der Waals surface area (Å²) in [6, 6.07) is 14.2. The van der Waals surface area contributed by atoms with E-state index in [1.807, 2.05) is 24.3 Å². The molecule has 1 heterocycles. The third-order valence-electron chi connectivity index (χ3n) is 4.43. The van der Waals surface area contributed by atoms with E-state index in [9.17, 15) is 14.4 Å². The number of nitrogens with one attached hydrogen (secondary N) is 2. The molecule has 0 bridgehead atoms. The Morgan fingerprint density at radius 3 is 2.68 bits per heavy atom. The summed E-state index contributed by atoms with van der Waals surface area (Å²) in [5, 5.41) is 14.1. The summed E-state index contributed by atoms with van der Waals surface area (Å²) in [6.07, 6.45) is 1.11. The van der Waals surface area contributed by atoms with E-state index in [1.54, 1.807) is 24.3 Å². The molecule has 0 saturated heterocycles. The van der Waals surface area contributed by atoms with Crippen molar-refractivity contribution in [1.29, 1.82) is 0 Å². The number of carboxylic acid groups (broad SMARTS) is 1.